The summed E-state index contributed by atoms with van der Waals surface area (Å²) in [5.74, 6) is 3.38. The lowest BCUT2D eigenvalue weighted by atomic mass is 10.3. The fourth-order valence-corrected chi connectivity index (χ4v) is 1.34. The number of allylic oxidation sites excluding steroid dienone is 1. The largest absolute Gasteiger partial charge is 0.384 e. The molecule has 1 aromatic heterocycles. The summed E-state index contributed by atoms with van der Waals surface area (Å²) in [4.78, 5) is 10.2. The molecule has 0 unspecified atom stereocenters. The summed E-state index contributed by atoms with van der Waals surface area (Å²) in [5.41, 5.74) is 7.45. The summed E-state index contributed by atoms with van der Waals surface area (Å²) in [7, 11) is 0. The Morgan fingerprint density at radius 2 is 2.33 bits per heavy atom. The average Bonchev–Trinajstić information content (AvgIpc) is 2.44. The van der Waals surface area contributed by atoms with Crippen molar-refractivity contribution in [3.05, 3.63) is 36.3 Å². The van der Waals surface area contributed by atoms with E-state index in [1.165, 1.54) is 0 Å². The Morgan fingerprint density at radius 1 is 1.47 bits per heavy atom. The van der Waals surface area contributed by atoms with Gasteiger partial charge in [-0.2, -0.15) is 0 Å². The third kappa shape index (κ3) is 2.24. The van der Waals surface area contributed by atoms with Crippen LogP contribution in [-0.4, -0.2) is 17.4 Å². The predicted octanol–water partition coefficient (Wildman–Crippen LogP) is 1.57. The first-order chi connectivity index (χ1) is 7.25. The van der Waals surface area contributed by atoms with Crippen molar-refractivity contribution in [3.63, 3.8) is 0 Å². The normalized spacial score (nSPS) is 15.0. The van der Waals surface area contributed by atoms with E-state index in [0.29, 0.717) is 5.82 Å². The Balaban J connectivity index is 2.29. The molecule has 1 aliphatic heterocycles. The number of nitrogen functional groups attached to an aromatic ring is 1. The van der Waals surface area contributed by atoms with Crippen molar-refractivity contribution in [2.75, 3.05) is 17.2 Å². The molecule has 0 radical (unpaired) electrons. The highest BCUT2D eigenvalue weighted by Gasteiger charge is 2.04. The number of rotatable bonds is 1. The first-order valence-corrected chi connectivity index (χ1v) is 4.70. The fourth-order valence-electron chi connectivity index (χ4n) is 1.34. The van der Waals surface area contributed by atoms with E-state index in [9.17, 15) is 0 Å². The van der Waals surface area contributed by atoms with Crippen molar-refractivity contribution in [1.82, 2.24) is 4.98 Å². The Kier molecular flexibility index (Phi) is 2.52. The molecule has 1 aliphatic rings. The molecule has 0 saturated heterocycles. The van der Waals surface area contributed by atoms with Crippen LogP contribution in [0.25, 0.3) is 0 Å². The maximum atomic E-state index is 5.53. The van der Waals surface area contributed by atoms with Crippen LogP contribution < -0.4 is 10.6 Å². The molecule has 2 heterocycles. The highest BCUT2D eigenvalue weighted by Crippen LogP contribution is 2.16. The minimum atomic E-state index is 0.529. The van der Waals surface area contributed by atoms with Crippen molar-refractivity contribution in [2.45, 2.75) is 6.92 Å². The van der Waals surface area contributed by atoms with Crippen molar-refractivity contribution in [3.8, 4) is 0 Å². The molecule has 2 rings (SSSR count). The zero-order valence-corrected chi connectivity index (χ0v) is 8.51. The number of hydrogen-bond acceptors (Lipinski definition) is 4. The molecule has 0 bridgehead atoms. The van der Waals surface area contributed by atoms with Crippen LogP contribution >= 0.6 is 0 Å². The molecule has 0 spiro atoms. The van der Waals surface area contributed by atoms with Gasteiger partial charge in [0.15, 0.2) is 0 Å². The molecule has 0 fully saturated rings. The van der Waals surface area contributed by atoms with Crippen molar-refractivity contribution < 1.29 is 0 Å². The minimum absolute atomic E-state index is 0.529. The summed E-state index contributed by atoms with van der Waals surface area (Å²) in [6, 6.07) is 3.72. The quantitative estimate of drug-likeness (QED) is 0.748. The predicted molar refractivity (Wildman–Crippen MR) is 61.8 cm³/mol. The summed E-state index contributed by atoms with van der Waals surface area (Å²) in [6.07, 6.45) is 5.59. The van der Waals surface area contributed by atoms with Gasteiger partial charge in [0, 0.05) is 12.7 Å². The van der Waals surface area contributed by atoms with Gasteiger partial charge in [0.1, 0.15) is 5.82 Å². The number of hydrogen-bond donors (Lipinski definition) is 1. The van der Waals surface area contributed by atoms with Gasteiger partial charge in [-0.05, 0) is 31.0 Å². The van der Waals surface area contributed by atoms with Crippen LogP contribution in [0, 0.1) is 0 Å². The lowest BCUT2D eigenvalue weighted by Gasteiger charge is -2.17. The molecule has 4 nitrogen and oxygen atoms in total. The molecule has 4 heteroatoms. The summed E-state index contributed by atoms with van der Waals surface area (Å²) >= 11 is 0. The van der Waals surface area contributed by atoms with Gasteiger partial charge in [0.25, 0.3) is 0 Å². The van der Waals surface area contributed by atoms with E-state index in [1.54, 1.807) is 12.3 Å². The number of aliphatic imine (C=N–C) groups is 1. The second-order valence-electron chi connectivity index (χ2n) is 3.31. The highest BCUT2D eigenvalue weighted by molar-refractivity contribution is 5.60. The van der Waals surface area contributed by atoms with Gasteiger partial charge in [-0.25, -0.2) is 9.98 Å². The first-order valence-electron chi connectivity index (χ1n) is 4.70. The van der Waals surface area contributed by atoms with Gasteiger partial charge in [-0.3, -0.25) is 0 Å². The molecule has 2 N–H and O–H groups in total. The second kappa shape index (κ2) is 3.98. The molecule has 1 aromatic rings. The number of pyridine rings is 1. The topological polar surface area (TPSA) is 54.5 Å². The molecule has 0 amide bonds. The van der Waals surface area contributed by atoms with E-state index >= 15 is 0 Å². The van der Waals surface area contributed by atoms with Gasteiger partial charge in [-0.15, -0.1) is 0 Å². The van der Waals surface area contributed by atoms with Crippen LogP contribution in [0.1, 0.15) is 6.92 Å². The molecule has 0 aliphatic carbocycles. The lowest BCUT2D eigenvalue weighted by molar-refractivity contribution is 1.06. The van der Waals surface area contributed by atoms with Crippen LogP contribution in [0.5, 0.6) is 0 Å². The van der Waals surface area contributed by atoms with Gasteiger partial charge < -0.3 is 10.6 Å². The monoisotopic (exact) mass is 200 g/mol. The third-order valence-electron chi connectivity index (χ3n) is 2.07. The van der Waals surface area contributed by atoms with E-state index < -0.39 is 0 Å². The Bertz CT molecular complexity index is 438. The lowest BCUT2D eigenvalue weighted by Crippen LogP contribution is -2.16. The maximum Gasteiger partial charge on any atom is 0.123 e. The van der Waals surface area contributed by atoms with Crippen molar-refractivity contribution in [2.24, 2.45) is 4.99 Å². The Morgan fingerprint density at radius 3 is 3.07 bits per heavy atom. The Labute approximate surface area is 88.5 Å². The standard InChI is InChI=1S/C11H12N4/c1-9-8-15(6-2-5-13-9)10-3-4-11(12)14-7-10/h2-4,7-8H,6H2,1H3,(H2,12,14). The molecular formula is C11H12N4. The van der Waals surface area contributed by atoms with E-state index in [2.05, 4.69) is 15.8 Å². The first kappa shape index (κ1) is 9.49. The van der Waals surface area contributed by atoms with Gasteiger partial charge in [0.2, 0.25) is 0 Å². The summed E-state index contributed by atoms with van der Waals surface area (Å²) in [5, 5.41) is 0. The Hall–Kier alpha value is -2.06. The van der Waals surface area contributed by atoms with Gasteiger partial charge in [-0.1, -0.05) is 0 Å². The summed E-state index contributed by atoms with van der Waals surface area (Å²) in [6.45, 7) is 2.68. The SMILES string of the molecule is CC1=CN(c2ccc(N)nc2)CC=C=N1. The van der Waals surface area contributed by atoms with Crippen LogP contribution in [0.4, 0.5) is 11.5 Å². The number of nitrogens with zero attached hydrogens (tertiary/aromatic N) is 3. The molecule has 76 valence electrons. The minimum Gasteiger partial charge on any atom is -0.384 e. The van der Waals surface area contributed by atoms with E-state index in [-0.39, 0.29) is 0 Å². The van der Waals surface area contributed by atoms with Crippen molar-refractivity contribution >= 4 is 17.4 Å². The number of anilines is 2. The van der Waals surface area contributed by atoms with Crippen LogP contribution in [-0.2, 0) is 0 Å². The van der Waals surface area contributed by atoms with Crippen molar-refractivity contribution in [1.29, 1.82) is 0 Å². The average molecular weight is 200 g/mol. The van der Waals surface area contributed by atoms with Gasteiger partial charge >= 0.3 is 0 Å². The van der Waals surface area contributed by atoms with E-state index in [4.69, 9.17) is 5.73 Å². The second-order valence-corrected chi connectivity index (χ2v) is 3.31. The zero-order valence-electron chi connectivity index (χ0n) is 8.51. The van der Waals surface area contributed by atoms with Crippen LogP contribution in [0.2, 0.25) is 0 Å². The molecule has 15 heavy (non-hydrogen) atoms. The third-order valence-corrected chi connectivity index (χ3v) is 2.07. The fraction of sp³-hybridized carbons (Fsp3) is 0.182. The molecule has 0 aromatic carbocycles. The van der Waals surface area contributed by atoms with Gasteiger partial charge in [0.05, 0.1) is 17.6 Å². The van der Waals surface area contributed by atoms with E-state index in [0.717, 1.165) is 17.9 Å². The zero-order chi connectivity index (χ0) is 10.7. The molecule has 0 atom stereocenters. The van der Waals surface area contributed by atoms with E-state index in [1.807, 2.05) is 30.2 Å². The molecule has 0 saturated carbocycles. The number of nitrogens with two attached hydrogens (primary N) is 1. The number of aromatic nitrogens is 1. The highest BCUT2D eigenvalue weighted by atomic mass is 15.1. The summed E-state index contributed by atoms with van der Waals surface area (Å²) < 4.78 is 0. The molecular weight excluding hydrogens is 188 g/mol. The smallest absolute Gasteiger partial charge is 0.123 e. The maximum absolute atomic E-state index is 5.53. The van der Waals surface area contributed by atoms with Crippen LogP contribution in [0.15, 0.2) is 41.3 Å². The van der Waals surface area contributed by atoms with Crippen LogP contribution in [0.3, 0.4) is 0 Å².